The van der Waals surface area contributed by atoms with Crippen LogP contribution in [0.4, 0.5) is 0 Å². The number of nitrogens with one attached hydrogen (secondary N) is 1. The van der Waals surface area contributed by atoms with Crippen molar-refractivity contribution in [2.45, 2.75) is 113 Å². The van der Waals surface area contributed by atoms with Gasteiger partial charge in [-0.3, -0.25) is 14.5 Å². The highest BCUT2D eigenvalue weighted by molar-refractivity contribution is 5.92. The minimum atomic E-state index is -0.580. The minimum absolute atomic E-state index is 0.00774. The first-order valence-electron chi connectivity index (χ1n) is 12.8. The number of amides is 1. The number of esters is 1. The zero-order chi connectivity index (χ0) is 25.3. The molecule has 1 rings (SSSR count). The smallest absolute Gasteiger partial charge is 0.333 e. The summed E-state index contributed by atoms with van der Waals surface area (Å²) in [5.74, 6) is -0.307. The van der Waals surface area contributed by atoms with Crippen molar-refractivity contribution < 1.29 is 19.1 Å². The Morgan fingerprint density at radius 2 is 1.76 bits per heavy atom. The predicted octanol–water partition coefficient (Wildman–Crippen LogP) is 4.91. The number of nitrogens with zero attached hydrogens (tertiary/aromatic N) is 1. The Morgan fingerprint density at radius 3 is 2.27 bits per heavy atom. The van der Waals surface area contributed by atoms with Crippen LogP contribution in [-0.2, 0) is 19.1 Å². The molecule has 0 spiro atoms. The molecule has 0 bridgehead atoms. The summed E-state index contributed by atoms with van der Waals surface area (Å²) in [6.07, 6.45) is 6.10. The fraction of sp³-hybridized carbons (Fsp3) is 0.815. The van der Waals surface area contributed by atoms with E-state index in [9.17, 15) is 14.4 Å². The maximum atomic E-state index is 13.5. The topological polar surface area (TPSA) is 75.7 Å². The Morgan fingerprint density at radius 1 is 1.12 bits per heavy atom. The predicted molar refractivity (Wildman–Crippen MR) is 134 cm³/mol. The molecule has 1 amide bonds. The third-order valence-corrected chi connectivity index (χ3v) is 6.83. The summed E-state index contributed by atoms with van der Waals surface area (Å²) in [5, 5.41) is 3.13. The number of allylic oxidation sites excluding steroid dienone is 1. The van der Waals surface area contributed by atoms with E-state index >= 15 is 0 Å². The highest BCUT2D eigenvalue weighted by atomic mass is 16.5. The number of piperidine rings is 1. The molecule has 1 aliphatic heterocycles. The van der Waals surface area contributed by atoms with Gasteiger partial charge in [-0.1, -0.05) is 54.0 Å². The van der Waals surface area contributed by atoms with Gasteiger partial charge in [0.2, 0.25) is 5.91 Å². The van der Waals surface area contributed by atoms with Crippen molar-refractivity contribution in [2.24, 2.45) is 17.3 Å². The monoisotopic (exact) mass is 464 g/mol. The zero-order valence-electron chi connectivity index (χ0n) is 22.5. The van der Waals surface area contributed by atoms with Crippen LogP contribution in [0.1, 0.15) is 94.4 Å². The largest absolute Gasteiger partial charge is 0.463 e. The highest BCUT2D eigenvalue weighted by Crippen LogP contribution is 2.27. The molecule has 6 heteroatoms. The second-order valence-corrected chi connectivity index (χ2v) is 11.0. The first-order chi connectivity index (χ1) is 15.3. The van der Waals surface area contributed by atoms with Gasteiger partial charge in [0.05, 0.1) is 18.7 Å². The van der Waals surface area contributed by atoms with Crippen molar-refractivity contribution in [2.75, 3.05) is 13.2 Å². The molecule has 1 heterocycles. The Labute approximate surface area is 201 Å². The van der Waals surface area contributed by atoms with Crippen LogP contribution in [0.15, 0.2) is 11.6 Å². The van der Waals surface area contributed by atoms with Crippen LogP contribution in [-0.4, -0.2) is 53.8 Å². The van der Waals surface area contributed by atoms with Crippen LogP contribution in [0.5, 0.6) is 0 Å². The second kappa shape index (κ2) is 13.3. The van der Waals surface area contributed by atoms with Gasteiger partial charge < -0.3 is 10.1 Å². The van der Waals surface area contributed by atoms with E-state index in [1.165, 1.54) is 0 Å². The van der Waals surface area contributed by atoms with Gasteiger partial charge in [-0.2, -0.15) is 0 Å². The lowest BCUT2D eigenvalue weighted by molar-refractivity contribution is -0.138. The van der Waals surface area contributed by atoms with Crippen molar-refractivity contribution >= 4 is 17.7 Å². The van der Waals surface area contributed by atoms with Gasteiger partial charge in [0.15, 0.2) is 5.78 Å². The van der Waals surface area contributed by atoms with E-state index in [1.807, 2.05) is 40.7 Å². The van der Waals surface area contributed by atoms with E-state index in [1.54, 1.807) is 13.8 Å². The number of carbonyl (C=O) groups excluding carboxylic acids is 3. The summed E-state index contributed by atoms with van der Waals surface area (Å²) in [5.41, 5.74) is 0.107. The van der Waals surface area contributed by atoms with Crippen LogP contribution in [0.2, 0.25) is 0 Å². The van der Waals surface area contributed by atoms with Gasteiger partial charge in [-0.25, -0.2) is 4.79 Å². The zero-order valence-corrected chi connectivity index (χ0v) is 22.5. The van der Waals surface area contributed by atoms with E-state index in [0.29, 0.717) is 18.2 Å². The lowest BCUT2D eigenvalue weighted by Gasteiger charge is -2.40. The SMILES string of the molecule is CCOC(=O)/C(C)=C/[C@@H](CC(=O)[C@@H](NC(=O)[C@H]1CCCCN1C(C)CC)C(C)(C)C)C(C)C. The summed E-state index contributed by atoms with van der Waals surface area (Å²) < 4.78 is 5.10. The fourth-order valence-electron chi connectivity index (χ4n) is 4.49. The van der Waals surface area contributed by atoms with Crippen molar-refractivity contribution in [3.63, 3.8) is 0 Å². The van der Waals surface area contributed by atoms with Gasteiger partial charge in [0, 0.05) is 18.0 Å². The van der Waals surface area contributed by atoms with Crippen LogP contribution in [0.25, 0.3) is 0 Å². The van der Waals surface area contributed by atoms with Crippen LogP contribution in [0, 0.1) is 17.3 Å². The maximum Gasteiger partial charge on any atom is 0.333 e. The average molecular weight is 465 g/mol. The quantitative estimate of drug-likeness (QED) is 0.347. The number of hydrogen-bond donors (Lipinski definition) is 1. The number of ketones is 1. The molecular weight excluding hydrogens is 416 g/mol. The average Bonchev–Trinajstić information content (AvgIpc) is 2.75. The first kappa shape index (κ1) is 29.3. The molecule has 0 saturated carbocycles. The van der Waals surface area contributed by atoms with Gasteiger partial charge in [-0.05, 0) is 63.8 Å². The lowest BCUT2D eigenvalue weighted by atomic mass is 9.79. The molecule has 190 valence electrons. The molecule has 0 aromatic heterocycles. The van der Waals surface area contributed by atoms with Gasteiger partial charge >= 0.3 is 5.97 Å². The molecule has 0 aromatic rings. The summed E-state index contributed by atoms with van der Waals surface area (Å²) in [6.45, 7) is 19.1. The molecule has 1 N–H and O–H groups in total. The Bertz CT molecular complexity index is 693. The third kappa shape index (κ3) is 8.88. The third-order valence-electron chi connectivity index (χ3n) is 6.83. The molecule has 0 aromatic carbocycles. The van der Waals surface area contributed by atoms with E-state index in [-0.39, 0.29) is 42.0 Å². The van der Waals surface area contributed by atoms with E-state index in [2.05, 4.69) is 24.1 Å². The number of carbonyl (C=O) groups is 3. The summed E-state index contributed by atoms with van der Waals surface area (Å²) in [7, 11) is 0. The number of ether oxygens (including phenoxy) is 1. The summed E-state index contributed by atoms with van der Waals surface area (Å²) in [6, 6.07) is -0.424. The molecule has 1 unspecified atom stereocenters. The number of likely N-dealkylation sites (tertiary alicyclic amines) is 1. The van der Waals surface area contributed by atoms with Crippen molar-refractivity contribution in [3.05, 3.63) is 11.6 Å². The summed E-state index contributed by atoms with van der Waals surface area (Å²) in [4.78, 5) is 41.2. The maximum absolute atomic E-state index is 13.5. The fourth-order valence-corrected chi connectivity index (χ4v) is 4.49. The first-order valence-corrected chi connectivity index (χ1v) is 12.8. The molecule has 33 heavy (non-hydrogen) atoms. The number of hydrogen-bond acceptors (Lipinski definition) is 5. The van der Waals surface area contributed by atoms with Gasteiger partial charge in [0.1, 0.15) is 0 Å². The highest BCUT2D eigenvalue weighted by Gasteiger charge is 2.38. The normalized spacial score (nSPS) is 20.8. The summed E-state index contributed by atoms with van der Waals surface area (Å²) >= 11 is 0. The van der Waals surface area contributed by atoms with Crippen LogP contribution >= 0.6 is 0 Å². The Balaban J connectivity index is 3.05. The van der Waals surface area contributed by atoms with Crippen molar-refractivity contribution in [1.82, 2.24) is 10.2 Å². The molecule has 0 radical (unpaired) electrons. The molecule has 1 aliphatic rings. The van der Waals surface area contributed by atoms with E-state index in [0.717, 1.165) is 32.2 Å². The van der Waals surface area contributed by atoms with Crippen LogP contribution in [0.3, 0.4) is 0 Å². The number of rotatable bonds is 11. The van der Waals surface area contributed by atoms with Gasteiger partial charge in [-0.15, -0.1) is 0 Å². The standard InChI is InChI=1S/C27H48N2O4/c1-10-20(6)29-15-13-12-14-22(29)25(31)28-24(27(7,8)9)23(30)17-21(18(3)4)16-19(5)26(32)33-11-2/h16,18,20-22,24H,10-15,17H2,1-9H3,(H,28,31)/b19-16+/t20?,21-,22+,24+/m0/s1. The second-order valence-electron chi connectivity index (χ2n) is 11.0. The molecule has 0 aliphatic carbocycles. The van der Waals surface area contributed by atoms with Crippen molar-refractivity contribution in [3.8, 4) is 0 Å². The van der Waals surface area contributed by atoms with Gasteiger partial charge in [0.25, 0.3) is 0 Å². The minimum Gasteiger partial charge on any atom is -0.463 e. The molecular formula is C27H48N2O4. The lowest BCUT2D eigenvalue weighted by Crippen LogP contribution is -2.58. The Kier molecular flexibility index (Phi) is 11.8. The van der Waals surface area contributed by atoms with Crippen LogP contribution < -0.4 is 5.32 Å². The number of Topliss-reactive ketones (excluding diaryl/α,β-unsaturated/α-hetero) is 1. The molecule has 1 saturated heterocycles. The van der Waals surface area contributed by atoms with E-state index < -0.39 is 11.5 Å². The van der Waals surface area contributed by atoms with Crippen molar-refractivity contribution in [1.29, 1.82) is 0 Å². The van der Waals surface area contributed by atoms with E-state index in [4.69, 9.17) is 4.74 Å². The molecule has 6 nitrogen and oxygen atoms in total. The molecule has 1 fully saturated rings. The molecule has 4 atom stereocenters. The Hall–Kier alpha value is -1.69.